The van der Waals surface area contributed by atoms with Crippen LogP contribution in [-0.4, -0.2) is 16.8 Å². The highest BCUT2D eigenvalue weighted by Gasteiger charge is 2.33. The maximum absolute atomic E-state index is 13.2. The molecule has 0 radical (unpaired) electrons. The lowest BCUT2D eigenvalue weighted by Crippen LogP contribution is -2.27. The molecule has 1 aliphatic rings. The highest BCUT2D eigenvalue weighted by atomic mass is 35.5. The third-order valence-electron chi connectivity index (χ3n) is 5.22. The van der Waals surface area contributed by atoms with Gasteiger partial charge in [-0.05, 0) is 66.9 Å². The molecule has 1 heterocycles. The highest BCUT2D eigenvalue weighted by Crippen LogP contribution is 2.39. The smallest absolute Gasteiger partial charge is 0.270 e. The molecule has 1 fully saturated rings. The SMILES string of the molecule is C=CCc1cc(/C=C2/SC(=S)N(c3ccc(Cl)cc3)C2=O)cc(OCC)c1OCc1ccccc1. The first kappa shape index (κ1) is 25.0. The number of thioether (sulfide) groups is 1. The summed E-state index contributed by atoms with van der Waals surface area (Å²) < 4.78 is 12.6. The quantitative estimate of drug-likeness (QED) is 0.166. The molecule has 178 valence electrons. The minimum atomic E-state index is -0.171. The molecule has 0 saturated carbocycles. The molecule has 1 amide bonds. The Morgan fingerprint density at radius 3 is 2.51 bits per heavy atom. The summed E-state index contributed by atoms with van der Waals surface area (Å²) >= 11 is 12.8. The zero-order valence-corrected chi connectivity index (χ0v) is 21.6. The molecule has 1 aliphatic heterocycles. The Bertz CT molecular complexity index is 1270. The maximum atomic E-state index is 13.2. The van der Waals surface area contributed by atoms with Crippen molar-refractivity contribution in [3.05, 3.63) is 106 Å². The molecule has 4 nitrogen and oxygen atoms in total. The number of allylic oxidation sites excluding steroid dienone is 1. The van der Waals surface area contributed by atoms with E-state index in [4.69, 9.17) is 33.3 Å². The Labute approximate surface area is 220 Å². The van der Waals surface area contributed by atoms with Crippen LogP contribution in [-0.2, 0) is 17.8 Å². The largest absolute Gasteiger partial charge is 0.490 e. The van der Waals surface area contributed by atoms with Crippen LogP contribution in [0.5, 0.6) is 11.5 Å². The van der Waals surface area contributed by atoms with Gasteiger partial charge in [0.25, 0.3) is 5.91 Å². The predicted molar refractivity (Wildman–Crippen MR) is 149 cm³/mol. The molecule has 0 atom stereocenters. The monoisotopic (exact) mass is 521 g/mol. The number of thiocarbonyl (C=S) groups is 1. The standard InChI is InChI=1S/C28H24ClNO3S2/c1-3-8-21-15-20(16-24(32-4-2)26(21)33-18-19-9-6-5-7-10-19)17-25-27(31)30(28(34)35-25)23-13-11-22(29)12-14-23/h3,5-7,9-17H,1,4,8,18H2,2H3/b25-17+. The number of halogens is 1. The number of carbonyl (C=O) groups excluding carboxylic acids is 1. The van der Waals surface area contributed by atoms with Gasteiger partial charge >= 0.3 is 0 Å². The number of carbonyl (C=O) groups is 1. The van der Waals surface area contributed by atoms with Crippen molar-refractivity contribution < 1.29 is 14.3 Å². The van der Waals surface area contributed by atoms with Gasteiger partial charge in [-0.1, -0.05) is 72.0 Å². The molecular weight excluding hydrogens is 498 g/mol. The van der Waals surface area contributed by atoms with Crippen molar-refractivity contribution in [2.75, 3.05) is 11.5 Å². The number of benzene rings is 3. The lowest BCUT2D eigenvalue weighted by molar-refractivity contribution is -0.113. The molecule has 0 aliphatic carbocycles. The summed E-state index contributed by atoms with van der Waals surface area (Å²) in [5.41, 5.74) is 3.51. The van der Waals surface area contributed by atoms with Crippen molar-refractivity contribution in [3.8, 4) is 11.5 Å². The number of hydrogen-bond donors (Lipinski definition) is 0. The Balaban J connectivity index is 1.66. The van der Waals surface area contributed by atoms with Crippen LogP contribution in [0.25, 0.3) is 6.08 Å². The lowest BCUT2D eigenvalue weighted by atomic mass is 10.0. The fourth-order valence-corrected chi connectivity index (χ4v) is 5.09. The number of ether oxygens (including phenoxy) is 2. The zero-order valence-electron chi connectivity index (χ0n) is 19.2. The molecule has 0 spiro atoms. The number of anilines is 1. The van der Waals surface area contributed by atoms with Crippen LogP contribution >= 0.6 is 35.6 Å². The topological polar surface area (TPSA) is 38.8 Å². The van der Waals surface area contributed by atoms with E-state index in [1.54, 1.807) is 24.3 Å². The van der Waals surface area contributed by atoms with E-state index in [1.807, 2.05) is 61.5 Å². The zero-order chi connectivity index (χ0) is 24.8. The first-order valence-electron chi connectivity index (χ1n) is 11.1. The summed E-state index contributed by atoms with van der Waals surface area (Å²) in [5, 5.41) is 0.600. The first-order chi connectivity index (χ1) is 17.0. The van der Waals surface area contributed by atoms with Gasteiger partial charge in [0.1, 0.15) is 6.61 Å². The number of amides is 1. The Hall–Kier alpha value is -3.06. The van der Waals surface area contributed by atoms with E-state index in [-0.39, 0.29) is 5.91 Å². The summed E-state index contributed by atoms with van der Waals surface area (Å²) in [6.45, 7) is 6.73. The van der Waals surface area contributed by atoms with E-state index in [2.05, 4.69) is 6.58 Å². The second-order valence-electron chi connectivity index (χ2n) is 7.70. The van der Waals surface area contributed by atoms with E-state index in [0.717, 1.165) is 16.7 Å². The number of rotatable bonds is 9. The fourth-order valence-electron chi connectivity index (χ4n) is 3.66. The van der Waals surface area contributed by atoms with E-state index >= 15 is 0 Å². The van der Waals surface area contributed by atoms with Crippen LogP contribution in [0.3, 0.4) is 0 Å². The summed E-state index contributed by atoms with van der Waals surface area (Å²) in [5.74, 6) is 1.14. The molecule has 0 N–H and O–H groups in total. The van der Waals surface area contributed by atoms with Gasteiger partial charge in [0.2, 0.25) is 0 Å². The molecule has 3 aromatic carbocycles. The Morgan fingerprint density at radius 1 is 1.09 bits per heavy atom. The maximum Gasteiger partial charge on any atom is 0.270 e. The number of hydrogen-bond acceptors (Lipinski definition) is 5. The number of nitrogens with zero attached hydrogens (tertiary/aromatic N) is 1. The molecule has 35 heavy (non-hydrogen) atoms. The van der Waals surface area contributed by atoms with Crippen molar-refractivity contribution in [3.63, 3.8) is 0 Å². The third-order valence-corrected chi connectivity index (χ3v) is 6.77. The van der Waals surface area contributed by atoms with E-state index < -0.39 is 0 Å². The third kappa shape index (κ3) is 5.96. The van der Waals surface area contributed by atoms with Gasteiger partial charge in [-0.25, -0.2) is 0 Å². The molecule has 3 aromatic rings. The Morgan fingerprint density at radius 2 is 1.83 bits per heavy atom. The van der Waals surface area contributed by atoms with Crippen LogP contribution in [0.4, 0.5) is 5.69 Å². The predicted octanol–water partition coefficient (Wildman–Crippen LogP) is 7.45. The molecule has 4 rings (SSSR count). The fraction of sp³-hybridized carbons (Fsp3) is 0.143. The average molecular weight is 522 g/mol. The van der Waals surface area contributed by atoms with Crippen LogP contribution in [0, 0.1) is 0 Å². The van der Waals surface area contributed by atoms with Crippen LogP contribution in [0.15, 0.2) is 84.3 Å². The van der Waals surface area contributed by atoms with Crippen LogP contribution in [0.1, 0.15) is 23.6 Å². The Kier molecular flexibility index (Phi) is 8.29. The molecule has 0 unspecified atom stereocenters. The van der Waals surface area contributed by atoms with Gasteiger partial charge in [0.05, 0.1) is 17.2 Å². The van der Waals surface area contributed by atoms with Gasteiger partial charge in [0.15, 0.2) is 15.8 Å². The van der Waals surface area contributed by atoms with Gasteiger partial charge in [-0.3, -0.25) is 9.69 Å². The first-order valence-corrected chi connectivity index (χ1v) is 12.7. The lowest BCUT2D eigenvalue weighted by Gasteiger charge is -2.17. The van der Waals surface area contributed by atoms with Gasteiger partial charge < -0.3 is 9.47 Å². The van der Waals surface area contributed by atoms with Crippen LogP contribution in [0.2, 0.25) is 5.02 Å². The second kappa shape index (κ2) is 11.6. The summed E-state index contributed by atoms with van der Waals surface area (Å²) in [7, 11) is 0. The van der Waals surface area contributed by atoms with Gasteiger partial charge in [0, 0.05) is 10.6 Å². The van der Waals surface area contributed by atoms with E-state index in [9.17, 15) is 4.79 Å². The van der Waals surface area contributed by atoms with Crippen molar-refractivity contribution in [2.45, 2.75) is 20.0 Å². The van der Waals surface area contributed by atoms with Crippen molar-refractivity contribution in [1.29, 1.82) is 0 Å². The summed E-state index contributed by atoms with van der Waals surface area (Å²) in [4.78, 5) is 15.3. The summed E-state index contributed by atoms with van der Waals surface area (Å²) in [6, 6.07) is 20.9. The van der Waals surface area contributed by atoms with Gasteiger partial charge in [-0.2, -0.15) is 0 Å². The minimum absolute atomic E-state index is 0.171. The van der Waals surface area contributed by atoms with E-state index in [0.29, 0.717) is 51.1 Å². The minimum Gasteiger partial charge on any atom is -0.490 e. The second-order valence-corrected chi connectivity index (χ2v) is 9.81. The molecule has 0 bridgehead atoms. The highest BCUT2D eigenvalue weighted by molar-refractivity contribution is 8.27. The molecule has 0 aromatic heterocycles. The molecule has 7 heteroatoms. The molecular formula is C28H24ClNO3S2. The van der Waals surface area contributed by atoms with Crippen molar-refractivity contribution in [2.24, 2.45) is 0 Å². The van der Waals surface area contributed by atoms with Crippen molar-refractivity contribution >= 4 is 57.6 Å². The van der Waals surface area contributed by atoms with Crippen molar-refractivity contribution in [1.82, 2.24) is 0 Å². The van der Waals surface area contributed by atoms with Crippen LogP contribution < -0.4 is 14.4 Å². The molecule has 1 saturated heterocycles. The average Bonchev–Trinajstić information content (AvgIpc) is 3.13. The van der Waals surface area contributed by atoms with E-state index in [1.165, 1.54) is 16.7 Å². The normalized spacial score (nSPS) is 14.5. The van der Waals surface area contributed by atoms with Gasteiger partial charge in [-0.15, -0.1) is 6.58 Å². The summed E-state index contributed by atoms with van der Waals surface area (Å²) in [6.07, 6.45) is 4.26.